The lowest BCUT2D eigenvalue weighted by Crippen LogP contribution is -2.14. The summed E-state index contributed by atoms with van der Waals surface area (Å²) in [6.07, 6.45) is 3.29. The molecule has 2 N–H and O–H groups in total. The number of aromatic nitrogens is 1. The lowest BCUT2D eigenvalue weighted by molar-refractivity contribution is 0.478. The van der Waals surface area contributed by atoms with E-state index in [0.29, 0.717) is 29.5 Å². The van der Waals surface area contributed by atoms with Crippen LogP contribution in [0.2, 0.25) is 0 Å². The SMILES string of the molecule is O=S(O)c1ccc(Oc2cccnc2)cc1CNCc1ccccc1. The topological polar surface area (TPSA) is 71.5 Å². The summed E-state index contributed by atoms with van der Waals surface area (Å²) in [6.45, 7) is 1.13. The second-order valence-corrected chi connectivity index (χ2v) is 6.34. The van der Waals surface area contributed by atoms with Gasteiger partial charge in [-0.3, -0.25) is 4.98 Å². The zero-order chi connectivity index (χ0) is 17.5. The van der Waals surface area contributed by atoms with Gasteiger partial charge in [0.15, 0.2) is 11.1 Å². The van der Waals surface area contributed by atoms with Crippen LogP contribution in [-0.2, 0) is 24.2 Å². The van der Waals surface area contributed by atoms with Crippen molar-refractivity contribution in [1.29, 1.82) is 0 Å². The van der Waals surface area contributed by atoms with Crippen LogP contribution in [0.25, 0.3) is 0 Å². The molecule has 2 aromatic carbocycles. The van der Waals surface area contributed by atoms with Crippen LogP contribution < -0.4 is 10.1 Å². The zero-order valence-electron chi connectivity index (χ0n) is 13.5. The van der Waals surface area contributed by atoms with Crippen molar-refractivity contribution in [3.05, 3.63) is 84.2 Å². The molecule has 0 radical (unpaired) electrons. The third kappa shape index (κ3) is 4.96. The molecule has 25 heavy (non-hydrogen) atoms. The third-order valence-corrected chi connectivity index (χ3v) is 4.35. The van der Waals surface area contributed by atoms with Crippen molar-refractivity contribution in [2.24, 2.45) is 0 Å². The van der Waals surface area contributed by atoms with E-state index in [1.54, 1.807) is 42.7 Å². The molecule has 0 aliphatic heterocycles. The molecule has 1 aromatic heterocycles. The number of nitrogens with zero attached hydrogens (tertiary/aromatic N) is 1. The Bertz CT molecular complexity index is 842. The van der Waals surface area contributed by atoms with E-state index in [-0.39, 0.29) is 0 Å². The van der Waals surface area contributed by atoms with Gasteiger partial charge >= 0.3 is 0 Å². The summed E-state index contributed by atoms with van der Waals surface area (Å²) in [7, 11) is 0. The van der Waals surface area contributed by atoms with E-state index >= 15 is 0 Å². The van der Waals surface area contributed by atoms with Gasteiger partial charge in [-0.2, -0.15) is 0 Å². The number of benzene rings is 2. The number of ether oxygens (including phenoxy) is 1. The van der Waals surface area contributed by atoms with Crippen LogP contribution in [0, 0.1) is 0 Å². The van der Waals surface area contributed by atoms with E-state index < -0.39 is 11.1 Å². The molecular formula is C19H18N2O3S. The van der Waals surface area contributed by atoms with Gasteiger partial charge < -0.3 is 14.6 Å². The van der Waals surface area contributed by atoms with Crippen LogP contribution in [0.4, 0.5) is 0 Å². The number of hydrogen-bond donors (Lipinski definition) is 2. The monoisotopic (exact) mass is 354 g/mol. The predicted octanol–water partition coefficient (Wildman–Crippen LogP) is 3.74. The predicted molar refractivity (Wildman–Crippen MR) is 96.8 cm³/mol. The van der Waals surface area contributed by atoms with E-state index in [1.165, 1.54) is 0 Å². The van der Waals surface area contributed by atoms with Crippen molar-refractivity contribution in [2.45, 2.75) is 18.0 Å². The van der Waals surface area contributed by atoms with Gasteiger partial charge in [0.2, 0.25) is 0 Å². The Morgan fingerprint density at radius 3 is 2.56 bits per heavy atom. The van der Waals surface area contributed by atoms with Crippen molar-refractivity contribution >= 4 is 11.1 Å². The van der Waals surface area contributed by atoms with E-state index in [2.05, 4.69) is 10.3 Å². The molecule has 128 valence electrons. The Hall–Kier alpha value is -2.54. The number of hydrogen-bond acceptors (Lipinski definition) is 4. The molecule has 3 rings (SSSR count). The lowest BCUT2D eigenvalue weighted by Gasteiger charge is -2.11. The molecule has 0 amide bonds. The van der Waals surface area contributed by atoms with Crippen LogP contribution in [0.5, 0.6) is 11.5 Å². The first-order chi connectivity index (χ1) is 12.2. The summed E-state index contributed by atoms with van der Waals surface area (Å²) in [5.41, 5.74) is 1.87. The Morgan fingerprint density at radius 1 is 1.00 bits per heavy atom. The lowest BCUT2D eigenvalue weighted by atomic mass is 10.2. The van der Waals surface area contributed by atoms with E-state index in [9.17, 15) is 8.76 Å². The van der Waals surface area contributed by atoms with Crippen LogP contribution in [0.15, 0.2) is 78.0 Å². The number of nitrogens with one attached hydrogen (secondary N) is 1. The largest absolute Gasteiger partial charge is 0.456 e. The Kier molecular flexibility index (Phi) is 5.90. The quantitative estimate of drug-likeness (QED) is 0.633. The minimum absolute atomic E-state index is 0.374. The maximum absolute atomic E-state index is 11.6. The molecule has 3 aromatic rings. The first-order valence-electron chi connectivity index (χ1n) is 7.78. The molecule has 0 aliphatic rings. The van der Waals surface area contributed by atoms with Gasteiger partial charge in [0, 0.05) is 19.3 Å². The van der Waals surface area contributed by atoms with E-state index in [0.717, 1.165) is 11.1 Å². The van der Waals surface area contributed by atoms with Gasteiger partial charge in [0.05, 0.1) is 11.1 Å². The molecule has 0 bridgehead atoms. The molecule has 1 unspecified atom stereocenters. The smallest absolute Gasteiger partial charge is 0.186 e. The molecule has 0 spiro atoms. The average molecular weight is 354 g/mol. The maximum Gasteiger partial charge on any atom is 0.186 e. The Morgan fingerprint density at radius 2 is 1.84 bits per heavy atom. The second-order valence-electron chi connectivity index (χ2n) is 5.40. The molecule has 6 heteroatoms. The average Bonchev–Trinajstić information content (AvgIpc) is 2.63. The van der Waals surface area contributed by atoms with Crippen molar-refractivity contribution in [2.75, 3.05) is 0 Å². The first kappa shape index (κ1) is 17.3. The summed E-state index contributed by atoms with van der Waals surface area (Å²) in [4.78, 5) is 4.38. The number of pyridine rings is 1. The summed E-state index contributed by atoms with van der Waals surface area (Å²) in [5.74, 6) is 1.21. The van der Waals surface area contributed by atoms with Crippen molar-refractivity contribution in [1.82, 2.24) is 10.3 Å². The maximum atomic E-state index is 11.6. The Labute approximate surface area is 149 Å². The summed E-state index contributed by atoms with van der Waals surface area (Å²) in [5, 5.41) is 3.29. The van der Waals surface area contributed by atoms with Crippen molar-refractivity contribution < 1.29 is 13.5 Å². The van der Waals surface area contributed by atoms with E-state index in [4.69, 9.17) is 4.74 Å². The molecular weight excluding hydrogens is 336 g/mol. The van der Waals surface area contributed by atoms with Crippen LogP contribution in [0.3, 0.4) is 0 Å². The van der Waals surface area contributed by atoms with Crippen molar-refractivity contribution in [3.63, 3.8) is 0 Å². The third-order valence-electron chi connectivity index (χ3n) is 3.58. The molecule has 0 aliphatic carbocycles. The molecule has 1 heterocycles. The Balaban J connectivity index is 1.73. The minimum Gasteiger partial charge on any atom is -0.456 e. The molecule has 0 fully saturated rings. The fraction of sp³-hybridized carbons (Fsp3) is 0.105. The second kappa shape index (κ2) is 8.53. The van der Waals surface area contributed by atoms with Gasteiger partial charge in [-0.25, -0.2) is 4.21 Å². The highest BCUT2D eigenvalue weighted by atomic mass is 32.2. The zero-order valence-corrected chi connectivity index (χ0v) is 14.3. The fourth-order valence-electron chi connectivity index (χ4n) is 2.41. The standard InChI is InChI=1S/C19H18N2O3S/c22-25(23)19-9-8-17(24-18-7-4-10-20-14-18)11-16(19)13-21-12-15-5-2-1-3-6-15/h1-11,14,21H,12-13H2,(H,22,23). The summed E-state index contributed by atoms with van der Waals surface area (Å²) < 4.78 is 26.8. The molecule has 0 saturated carbocycles. The van der Waals surface area contributed by atoms with Gasteiger partial charge in [0.1, 0.15) is 11.5 Å². The van der Waals surface area contributed by atoms with Crippen LogP contribution in [0.1, 0.15) is 11.1 Å². The minimum atomic E-state index is -2.05. The molecule has 5 nitrogen and oxygen atoms in total. The van der Waals surface area contributed by atoms with Gasteiger partial charge in [-0.15, -0.1) is 0 Å². The fourth-order valence-corrected chi connectivity index (χ4v) is 2.95. The van der Waals surface area contributed by atoms with Gasteiger partial charge in [-0.05, 0) is 41.5 Å². The molecule has 1 atom stereocenters. The first-order valence-corrected chi connectivity index (χ1v) is 8.89. The van der Waals surface area contributed by atoms with E-state index in [1.807, 2.05) is 30.3 Å². The molecule has 0 saturated heterocycles. The highest BCUT2D eigenvalue weighted by Gasteiger charge is 2.10. The van der Waals surface area contributed by atoms with Crippen LogP contribution in [-0.4, -0.2) is 13.7 Å². The van der Waals surface area contributed by atoms with Gasteiger partial charge in [0.25, 0.3) is 0 Å². The summed E-state index contributed by atoms with van der Waals surface area (Å²) in [6, 6.07) is 18.6. The highest BCUT2D eigenvalue weighted by Crippen LogP contribution is 2.25. The van der Waals surface area contributed by atoms with Crippen LogP contribution >= 0.6 is 0 Å². The highest BCUT2D eigenvalue weighted by molar-refractivity contribution is 7.79. The summed E-state index contributed by atoms with van der Waals surface area (Å²) >= 11 is -2.05. The number of rotatable bonds is 7. The normalized spacial score (nSPS) is 11.9. The van der Waals surface area contributed by atoms with Crippen molar-refractivity contribution in [3.8, 4) is 11.5 Å². The van der Waals surface area contributed by atoms with Gasteiger partial charge in [-0.1, -0.05) is 30.3 Å².